The molecule has 2 aromatic heterocycles. The zero-order valence-electron chi connectivity index (χ0n) is 14.1. The molecule has 0 aliphatic rings. The van der Waals surface area contributed by atoms with Crippen LogP contribution >= 0.6 is 0 Å². The van der Waals surface area contributed by atoms with E-state index in [1.54, 1.807) is 31.3 Å². The maximum absolute atomic E-state index is 13.8. The van der Waals surface area contributed by atoms with Gasteiger partial charge in [-0.05, 0) is 31.2 Å². The Hall–Kier alpha value is -3.49. The number of carbonyl (C=O) groups excluding carboxylic acids is 1. The van der Waals surface area contributed by atoms with Gasteiger partial charge in [-0.1, -0.05) is 6.07 Å². The quantitative estimate of drug-likeness (QED) is 0.671. The molecule has 0 bridgehead atoms. The fourth-order valence-corrected chi connectivity index (χ4v) is 2.27. The largest absolute Gasteiger partial charge is 0.345 e. The summed E-state index contributed by atoms with van der Waals surface area (Å²) >= 11 is 0. The zero-order valence-corrected chi connectivity index (χ0v) is 14.1. The van der Waals surface area contributed by atoms with Crippen LogP contribution in [0, 0.1) is 24.4 Å². The Morgan fingerprint density at radius 3 is 2.63 bits per heavy atom. The van der Waals surface area contributed by atoms with Crippen LogP contribution in [0.2, 0.25) is 0 Å². The third-order valence-electron chi connectivity index (χ3n) is 3.52. The summed E-state index contributed by atoms with van der Waals surface area (Å²) in [7, 11) is 0. The van der Waals surface area contributed by atoms with Crippen molar-refractivity contribution in [2.75, 3.05) is 5.32 Å². The summed E-state index contributed by atoms with van der Waals surface area (Å²) in [4.78, 5) is 24.4. The van der Waals surface area contributed by atoms with Crippen molar-refractivity contribution in [3.63, 3.8) is 0 Å². The number of hydrogen-bond acceptors (Lipinski definition) is 5. The van der Waals surface area contributed by atoms with Crippen molar-refractivity contribution in [2.45, 2.75) is 13.5 Å². The fraction of sp³-hybridized carbons (Fsp3) is 0.111. The first-order valence-corrected chi connectivity index (χ1v) is 7.88. The minimum absolute atomic E-state index is 0.0314. The molecule has 6 nitrogen and oxygen atoms in total. The van der Waals surface area contributed by atoms with E-state index in [-0.39, 0.29) is 29.6 Å². The number of nitrogens with one attached hydrogen (secondary N) is 2. The first-order chi connectivity index (χ1) is 12.9. The normalized spacial score (nSPS) is 10.5. The number of benzene rings is 1. The van der Waals surface area contributed by atoms with Crippen molar-refractivity contribution in [2.24, 2.45) is 0 Å². The summed E-state index contributed by atoms with van der Waals surface area (Å²) in [6, 6.07) is 8.41. The minimum Gasteiger partial charge on any atom is -0.345 e. The van der Waals surface area contributed by atoms with E-state index in [9.17, 15) is 18.0 Å². The number of nitrogens with zero attached hydrogens (tertiary/aromatic N) is 3. The van der Waals surface area contributed by atoms with Crippen LogP contribution in [0.1, 0.15) is 22.0 Å². The minimum atomic E-state index is -1.60. The van der Waals surface area contributed by atoms with Crippen LogP contribution < -0.4 is 10.6 Å². The van der Waals surface area contributed by atoms with E-state index in [0.717, 1.165) is 12.1 Å². The Morgan fingerprint density at radius 1 is 1.07 bits per heavy atom. The van der Waals surface area contributed by atoms with Gasteiger partial charge in [-0.3, -0.25) is 9.78 Å². The van der Waals surface area contributed by atoms with Gasteiger partial charge in [0.15, 0.2) is 17.5 Å². The first kappa shape index (κ1) is 18.3. The Morgan fingerprint density at radius 2 is 1.89 bits per heavy atom. The Balaban J connectivity index is 1.78. The van der Waals surface area contributed by atoms with Crippen molar-refractivity contribution in [1.82, 2.24) is 20.3 Å². The maximum atomic E-state index is 13.8. The molecule has 2 N–H and O–H groups in total. The van der Waals surface area contributed by atoms with Crippen LogP contribution in [0.4, 0.5) is 24.7 Å². The van der Waals surface area contributed by atoms with Crippen molar-refractivity contribution < 1.29 is 18.0 Å². The molecule has 27 heavy (non-hydrogen) atoms. The van der Waals surface area contributed by atoms with Crippen LogP contribution in [-0.4, -0.2) is 20.9 Å². The summed E-state index contributed by atoms with van der Waals surface area (Å²) in [5.74, 6) is -4.46. The van der Waals surface area contributed by atoms with E-state index < -0.39 is 23.4 Å². The Kier molecular flexibility index (Phi) is 5.30. The van der Waals surface area contributed by atoms with E-state index in [1.165, 1.54) is 6.07 Å². The number of pyridine rings is 1. The summed E-state index contributed by atoms with van der Waals surface area (Å²) < 4.78 is 40.2. The van der Waals surface area contributed by atoms with Crippen molar-refractivity contribution in [1.29, 1.82) is 0 Å². The lowest BCUT2D eigenvalue weighted by Gasteiger charge is -2.10. The summed E-state index contributed by atoms with van der Waals surface area (Å²) in [5.41, 5.74) is 0.384. The van der Waals surface area contributed by atoms with Crippen LogP contribution in [0.5, 0.6) is 0 Å². The highest BCUT2D eigenvalue weighted by Crippen LogP contribution is 2.23. The van der Waals surface area contributed by atoms with Crippen LogP contribution in [0.3, 0.4) is 0 Å². The molecule has 0 atom stereocenters. The molecule has 1 aromatic carbocycles. The fourth-order valence-electron chi connectivity index (χ4n) is 2.27. The number of carbonyl (C=O) groups is 1. The van der Waals surface area contributed by atoms with E-state index >= 15 is 0 Å². The third-order valence-corrected chi connectivity index (χ3v) is 3.52. The third kappa shape index (κ3) is 4.38. The van der Waals surface area contributed by atoms with Gasteiger partial charge in [-0.15, -0.1) is 0 Å². The Labute approximate surface area is 152 Å². The summed E-state index contributed by atoms with van der Waals surface area (Å²) in [6.45, 7) is 1.74. The lowest BCUT2D eigenvalue weighted by atomic mass is 10.2. The predicted octanol–water partition coefficient (Wildman–Crippen LogP) is 3.27. The molecule has 0 unspecified atom stereocenters. The van der Waals surface area contributed by atoms with Crippen LogP contribution in [-0.2, 0) is 6.54 Å². The molecule has 138 valence electrons. The SMILES string of the molecule is Cc1nc(Nc2ccc(F)c(F)c2F)cc(C(=O)NCc2ccccn2)n1. The molecule has 0 saturated heterocycles. The second kappa shape index (κ2) is 7.81. The molecule has 0 aliphatic heterocycles. The number of aromatic nitrogens is 3. The molecular weight excluding hydrogens is 359 g/mol. The topological polar surface area (TPSA) is 79.8 Å². The van der Waals surface area contributed by atoms with E-state index in [0.29, 0.717) is 5.69 Å². The molecule has 0 fully saturated rings. The van der Waals surface area contributed by atoms with E-state index in [1.807, 2.05) is 0 Å². The van der Waals surface area contributed by atoms with Crippen LogP contribution in [0.25, 0.3) is 0 Å². The highest BCUT2D eigenvalue weighted by atomic mass is 19.2. The first-order valence-electron chi connectivity index (χ1n) is 7.88. The molecule has 0 aliphatic carbocycles. The summed E-state index contributed by atoms with van der Waals surface area (Å²) in [5, 5.41) is 5.18. The van der Waals surface area contributed by atoms with Gasteiger partial charge in [0, 0.05) is 12.3 Å². The molecule has 2 heterocycles. The number of hydrogen-bond donors (Lipinski definition) is 2. The molecule has 0 radical (unpaired) electrons. The molecule has 3 aromatic rings. The average molecular weight is 373 g/mol. The van der Waals surface area contributed by atoms with Crippen molar-refractivity contribution in [3.8, 4) is 0 Å². The molecule has 3 rings (SSSR count). The standard InChI is InChI=1S/C18H14F3N5O/c1-10-24-14(18(27)23-9-11-4-2-3-7-22-11)8-15(25-10)26-13-6-5-12(19)16(20)17(13)21/h2-8H,9H2,1H3,(H,23,27)(H,24,25,26). The van der Waals surface area contributed by atoms with E-state index in [2.05, 4.69) is 25.6 Å². The Bertz CT molecular complexity index is 982. The smallest absolute Gasteiger partial charge is 0.270 e. The molecular formula is C18H14F3N5O. The van der Waals surface area contributed by atoms with E-state index in [4.69, 9.17) is 0 Å². The summed E-state index contributed by atoms with van der Waals surface area (Å²) in [6.07, 6.45) is 1.61. The second-order valence-corrected chi connectivity index (χ2v) is 5.54. The van der Waals surface area contributed by atoms with Gasteiger partial charge < -0.3 is 10.6 Å². The van der Waals surface area contributed by atoms with Crippen molar-refractivity contribution >= 4 is 17.4 Å². The predicted molar refractivity (Wildman–Crippen MR) is 91.8 cm³/mol. The number of anilines is 2. The second-order valence-electron chi connectivity index (χ2n) is 5.54. The van der Waals surface area contributed by atoms with Crippen molar-refractivity contribution in [3.05, 3.63) is 77.3 Å². The number of aryl methyl sites for hydroxylation is 1. The van der Waals surface area contributed by atoms with Crippen LogP contribution in [0.15, 0.2) is 42.6 Å². The highest BCUT2D eigenvalue weighted by Gasteiger charge is 2.15. The lowest BCUT2D eigenvalue weighted by Crippen LogP contribution is -2.24. The number of halogens is 3. The molecule has 0 spiro atoms. The molecule has 9 heteroatoms. The zero-order chi connectivity index (χ0) is 19.4. The highest BCUT2D eigenvalue weighted by molar-refractivity contribution is 5.93. The van der Waals surface area contributed by atoms with Gasteiger partial charge in [0.2, 0.25) is 0 Å². The monoisotopic (exact) mass is 373 g/mol. The average Bonchev–Trinajstić information content (AvgIpc) is 2.67. The maximum Gasteiger partial charge on any atom is 0.270 e. The van der Waals surface area contributed by atoms with Gasteiger partial charge in [0.25, 0.3) is 5.91 Å². The van der Waals surface area contributed by atoms with Gasteiger partial charge >= 0.3 is 0 Å². The molecule has 1 amide bonds. The van der Waals surface area contributed by atoms with Gasteiger partial charge in [0.1, 0.15) is 17.3 Å². The van der Waals surface area contributed by atoms with Gasteiger partial charge in [0.05, 0.1) is 17.9 Å². The van der Waals surface area contributed by atoms with Gasteiger partial charge in [-0.25, -0.2) is 23.1 Å². The number of rotatable bonds is 5. The number of amides is 1. The van der Waals surface area contributed by atoms with Gasteiger partial charge in [-0.2, -0.15) is 0 Å². The lowest BCUT2D eigenvalue weighted by molar-refractivity contribution is 0.0945. The molecule has 0 saturated carbocycles.